The molecule has 1 aliphatic heterocycles. The van der Waals surface area contributed by atoms with Crippen LogP contribution in [-0.2, 0) is 14.3 Å². The Hall–Kier alpha value is -1.26. The highest BCUT2D eigenvalue weighted by Crippen LogP contribution is 2.31. The van der Waals surface area contributed by atoms with E-state index >= 15 is 0 Å². The summed E-state index contributed by atoms with van der Waals surface area (Å²) in [6.45, 7) is 5.98. The molecule has 0 spiro atoms. The summed E-state index contributed by atoms with van der Waals surface area (Å²) in [5.74, 6) is 0.174. The highest BCUT2D eigenvalue weighted by molar-refractivity contribution is 5.76. The largest absolute Gasteiger partial charge is 0.465 e. The number of carbonyl (C=O) groups is 2. The molecule has 0 aromatic rings. The van der Waals surface area contributed by atoms with Crippen LogP contribution in [0.2, 0.25) is 0 Å². The summed E-state index contributed by atoms with van der Waals surface area (Å²) in [5.41, 5.74) is -0.532. The SMILES string of the molecule is CC(C)(C)OC(=O)N[C@@H](CC1CCCCC1)[C@@H]1CCOC1=O. The van der Waals surface area contributed by atoms with Gasteiger partial charge in [-0.3, -0.25) is 4.79 Å². The van der Waals surface area contributed by atoms with Crippen LogP contribution in [0.3, 0.4) is 0 Å². The first-order chi connectivity index (χ1) is 10.3. The maximum absolute atomic E-state index is 12.1. The molecule has 1 saturated carbocycles. The van der Waals surface area contributed by atoms with Crippen LogP contribution in [0.1, 0.15) is 65.7 Å². The number of ether oxygens (including phenoxy) is 2. The van der Waals surface area contributed by atoms with Crippen LogP contribution in [0.15, 0.2) is 0 Å². The highest BCUT2D eigenvalue weighted by atomic mass is 16.6. The number of carbonyl (C=O) groups excluding carboxylic acids is 2. The van der Waals surface area contributed by atoms with Gasteiger partial charge in [-0.25, -0.2) is 4.79 Å². The first-order valence-corrected chi connectivity index (χ1v) is 8.51. The lowest BCUT2D eigenvalue weighted by atomic mass is 9.81. The molecule has 1 heterocycles. The molecule has 2 rings (SSSR count). The van der Waals surface area contributed by atoms with Crippen molar-refractivity contribution in [3.8, 4) is 0 Å². The molecule has 1 aliphatic carbocycles. The van der Waals surface area contributed by atoms with Crippen molar-refractivity contribution in [1.29, 1.82) is 0 Å². The molecule has 1 saturated heterocycles. The molecule has 0 bridgehead atoms. The molecule has 22 heavy (non-hydrogen) atoms. The monoisotopic (exact) mass is 311 g/mol. The average molecular weight is 311 g/mol. The molecular weight excluding hydrogens is 282 g/mol. The Bertz CT molecular complexity index is 396. The van der Waals surface area contributed by atoms with Crippen LogP contribution >= 0.6 is 0 Å². The van der Waals surface area contributed by atoms with E-state index in [9.17, 15) is 9.59 Å². The topological polar surface area (TPSA) is 64.6 Å². The molecule has 0 aromatic carbocycles. The van der Waals surface area contributed by atoms with Gasteiger partial charge in [-0.1, -0.05) is 32.1 Å². The van der Waals surface area contributed by atoms with Crippen LogP contribution in [0.5, 0.6) is 0 Å². The van der Waals surface area contributed by atoms with Crippen molar-refractivity contribution in [1.82, 2.24) is 5.32 Å². The van der Waals surface area contributed by atoms with Gasteiger partial charge in [0.15, 0.2) is 0 Å². The molecule has 1 amide bonds. The molecule has 5 nitrogen and oxygen atoms in total. The van der Waals surface area contributed by atoms with E-state index in [1.807, 2.05) is 20.8 Å². The van der Waals surface area contributed by atoms with E-state index in [2.05, 4.69) is 5.32 Å². The quantitative estimate of drug-likeness (QED) is 0.808. The fraction of sp³-hybridized carbons (Fsp3) is 0.882. The molecule has 5 heteroatoms. The smallest absolute Gasteiger partial charge is 0.407 e. The highest BCUT2D eigenvalue weighted by Gasteiger charge is 2.37. The van der Waals surface area contributed by atoms with Gasteiger partial charge in [-0.2, -0.15) is 0 Å². The Balaban J connectivity index is 1.97. The fourth-order valence-electron chi connectivity index (χ4n) is 3.44. The van der Waals surface area contributed by atoms with Crippen LogP contribution in [-0.4, -0.2) is 30.3 Å². The van der Waals surface area contributed by atoms with Crippen molar-refractivity contribution in [3.63, 3.8) is 0 Å². The van der Waals surface area contributed by atoms with Crippen molar-refractivity contribution in [2.45, 2.75) is 77.4 Å². The zero-order valence-corrected chi connectivity index (χ0v) is 14.0. The Morgan fingerprint density at radius 3 is 2.50 bits per heavy atom. The first-order valence-electron chi connectivity index (χ1n) is 8.51. The number of hydrogen-bond donors (Lipinski definition) is 1. The van der Waals surface area contributed by atoms with Crippen LogP contribution < -0.4 is 5.32 Å². The van der Waals surface area contributed by atoms with Crippen molar-refractivity contribution in [2.24, 2.45) is 11.8 Å². The lowest BCUT2D eigenvalue weighted by Crippen LogP contribution is -2.45. The van der Waals surface area contributed by atoms with Gasteiger partial charge in [-0.15, -0.1) is 0 Å². The molecule has 2 aliphatic rings. The van der Waals surface area contributed by atoms with E-state index in [1.54, 1.807) is 0 Å². The third kappa shape index (κ3) is 5.18. The minimum atomic E-state index is -0.532. The van der Waals surface area contributed by atoms with Crippen LogP contribution in [0.25, 0.3) is 0 Å². The third-order valence-electron chi connectivity index (χ3n) is 4.48. The summed E-state index contributed by atoms with van der Waals surface area (Å²) >= 11 is 0. The first kappa shape index (κ1) is 17.1. The number of rotatable bonds is 4. The summed E-state index contributed by atoms with van der Waals surface area (Å²) < 4.78 is 10.4. The van der Waals surface area contributed by atoms with Gasteiger partial charge in [0.25, 0.3) is 0 Å². The van der Waals surface area contributed by atoms with Crippen molar-refractivity contribution < 1.29 is 19.1 Å². The second-order valence-corrected chi connectivity index (χ2v) is 7.56. The van der Waals surface area contributed by atoms with Gasteiger partial charge in [-0.05, 0) is 39.5 Å². The molecule has 1 N–H and O–H groups in total. The zero-order valence-electron chi connectivity index (χ0n) is 14.0. The minimum Gasteiger partial charge on any atom is -0.465 e. The second kappa shape index (κ2) is 7.34. The maximum Gasteiger partial charge on any atom is 0.407 e. The number of hydrogen-bond acceptors (Lipinski definition) is 4. The number of amides is 1. The van der Waals surface area contributed by atoms with Gasteiger partial charge in [0.2, 0.25) is 0 Å². The van der Waals surface area contributed by atoms with E-state index in [-0.39, 0.29) is 17.9 Å². The van der Waals surface area contributed by atoms with Gasteiger partial charge in [0, 0.05) is 6.04 Å². The van der Waals surface area contributed by atoms with E-state index in [0.29, 0.717) is 18.9 Å². The van der Waals surface area contributed by atoms with E-state index < -0.39 is 11.7 Å². The normalized spacial score (nSPS) is 24.7. The molecule has 2 atom stereocenters. The standard InChI is InChI=1S/C17H29NO4/c1-17(2,3)22-16(20)18-14(13-9-10-21-15(13)19)11-12-7-5-4-6-8-12/h12-14H,4-11H2,1-3H3,(H,18,20)/t13-,14-/m0/s1. The molecule has 2 fully saturated rings. The summed E-state index contributed by atoms with van der Waals surface area (Å²) in [7, 11) is 0. The van der Waals surface area contributed by atoms with Crippen molar-refractivity contribution in [3.05, 3.63) is 0 Å². The number of esters is 1. The lowest BCUT2D eigenvalue weighted by Gasteiger charge is -2.30. The van der Waals surface area contributed by atoms with Crippen LogP contribution in [0.4, 0.5) is 4.79 Å². The van der Waals surface area contributed by atoms with E-state index in [0.717, 1.165) is 6.42 Å². The maximum atomic E-state index is 12.1. The summed E-state index contributed by atoms with van der Waals surface area (Å²) in [4.78, 5) is 24.0. The summed E-state index contributed by atoms with van der Waals surface area (Å²) in [6, 6.07) is -0.173. The van der Waals surface area contributed by atoms with Gasteiger partial charge >= 0.3 is 12.1 Å². The third-order valence-corrected chi connectivity index (χ3v) is 4.48. The number of cyclic esters (lactones) is 1. The fourth-order valence-corrected chi connectivity index (χ4v) is 3.44. The Morgan fingerprint density at radius 2 is 1.95 bits per heavy atom. The lowest BCUT2D eigenvalue weighted by molar-refractivity contribution is -0.142. The van der Waals surface area contributed by atoms with Crippen molar-refractivity contribution in [2.75, 3.05) is 6.61 Å². The van der Waals surface area contributed by atoms with Gasteiger partial charge < -0.3 is 14.8 Å². The van der Waals surface area contributed by atoms with Crippen LogP contribution in [0, 0.1) is 11.8 Å². The summed E-state index contributed by atoms with van der Waals surface area (Å²) in [5, 5.41) is 2.93. The predicted molar refractivity (Wildman–Crippen MR) is 83.4 cm³/mol. The van der Waals surface area contributed by atoms with Gasteiger partial charge in [0.05, 0.1) is 12.5 Å². The molecule has 0 unspecified atom stereocenters. The predicted octanol–water partition coefficient (Wildman–Crippen LogP) is 3.41. The zero-order chi connectivity index (χ0) is 16.2. The van der Waals surface area contributed by atoms with E-state index in [1.165, 1.54) is 32.1 Å². The minimum absolute atomic E-state index is 0.173. The Kier molecular flexibility index (Phi) is 5.70. The Morgan fingerprint density at radius 1 is 1.27 bits per heavy atom. The van der Waals surface area contributed by atoms with Crippen molar-refractivity contribution >= 4 is 12.1 Å². The second-order valence-electron chi connectivity index (χ2n) is 7.56. The molecule has 0 aromatic heterocycles. The van der Waals surface area contributed by atoms with E-state index in [4.69, 9.17) is 9.47 Å². The average Bonchev–Trinajstić information content (AvgIpc) is 2.83. The molecule has 126 valence electrons. The molecular formula is C17H29NO4. The number of nitrogens with one attached hydrogen (secondary N) is 1. The molecule has 0 radical (unpaired) electrons. The summed E-state index contributed by atoms with van der Waals surface area (Å²) in [6.07, 6.45) is 7.27. The number of alkyl carbamates (subject to hydrolysis) is 1. The van der Waals surface area contributed by atoms with Gasteiger partial charge in [0.1, 0.15) is 5.60 Å². The Labute approximate surface area is 133 Å².